The van der Waals surface area contributed by atoms with Crippen molar-refractivity contribution in [1.29, 1.82) is 0 Å². The second-order valence-electron chi connectivity index (χ2n) is 4.90. The molecule has 1 aromatic heterocycles. The van der Waals surface area contributed by atoms with Crippen LogP contribution in [0.1, 0.15) is 10.4 Å². The van der Waals surface area contributed by atoms with Crippen LogP contribution in [0.15, 0.2) is 54.7 Å². The molecule has 5 nitrogen and oxygen atoms in total. The van der Waals surface area contributed by atoms with E-state index in [1.165, 1.54) is 12.3 Å². The van der Waals surface area contributed by atoms with Gasteiger partial charge in [-0.1, -0.05) is 6.07 Å². The van der Waals surface area contributed by atoms with Crippen molar-refractivity contribution in [2.24, 2.45) is 0 Å². The molecule has 8 heteroatoms. The molecule has 0 spiro atoms. The molecule has 0 aliphatic rings. The number of anilines is 1. The van der Waals surface area contributed by atoms with Crippen molar-refractivity contribution in [3.05, 3.63) is 77.7 Å². The van der Waals surface area contributed by atoms with Crippen LogP contribution in [0.25, 0.3) is 0 Å². The molecule has 1 amide bonds. The minimum atomic E-state index is -1.63. The molecule has 0 atom stereocenters. The van der Waals surface area contributed by atoms with Gasteiger partial charge in [0.15, 0.2) is 17.5 Å². The summed E-state index contributed by atoms with van der Waals surface area (Å²) in [7, 11) is 0. The summed E-state index contributed by atoms with van der Waals surface area (Å²) >= 11 is 0. The first-order valence-electron chi connectivity index (χ1n) is 7.04. The fourth-order valence-corrected chi connectivity index (χ4v) is 1.99. The number of rotatable bonds is 4. The Kier molecular flexibility index (Phi) is 4.60. The summed E-state index contributed by atoms with van der Waals surface area (Å²) in [5.41, 5.74) is -0.0341. The van der Waals surface area contributed by atoms with E-state index in [-0.39, 0.29) is 11.4 Å². The van der Waals surface area contributed by atoms with Crippen molar-refractivity contribution in [2.45, 2.75) is 0 Å². The van der Waals surface area contributed by atoms with Gasteiger partial charge in [-0.25, -0.2) is 13.2 Å². The van der Waals surface area contributed by atoms with Crippen LogP contribution in [-0.4, -0.2) is 16.1 Å². The van der Waals surface area contributed by atoms with Crippen molar-refractivity contribution >= 4 is 11.6 Å². The van der Waals surface area contributed by atoms with Gasteiger partial charge < -0.3 is 10.1 Å². The van der Waals surface area contributed by atoms with Gasteiger partial charge in [-0.3, -0.25) is 4.79 Å². The van der Waals surface area contributed by atoms with Gasteiger partial charge >= 0.3 is 0 Å². The van der Waals surface area contributed by atoms with Crippen LogP contribution in [-0.2, 0) is 0 Å². The molecule has 25 heavy (non-hydrogen) atoms. The van der Waals surface area contributed by atoms with Crippen LogP contribution in [0, 0.1) is 17.5 Å². The summed E-state index contributed by atoms with van der Waals surface area (Å²) < 4.78 is 44.9. The highest BCUT2D eigenvalue weighted by atomic mass is 19.2. The number of hydrogen-bond donors (Lipinski definition) is 1. The number of benzene rings is 2. The first kappa shape index (κ1) is 16.4. The van der Waals surface area contributed by atoms with Crippen LogP contribution in [0.5, 0.6) is 11.6 Å². The Hall–Kier alpha value is -3.42. The Balaban J connectivity index is 1.77. The maximum Gasteiger partial charge on any atom is 0.255 e. The molecule has 0 saturated carbocycles. The lowest BCUT2D eigenvalue weighted by molar-refractivity contribution is 0.102. The maximum absolute atomic E-state index is 13.2. The zero-order valence-corrected chi connectivity index (χ0v) is 12.5. The molecule has 0 aliphatic carbocycles. The highest BCUT2D eigenvalue weighted by molar-refractivity contribution is 6.04. The highest BCUT2D eigenvalue weighted by Gasteiger charge is 2.15. The molecule has 3 rings (SSSR count). The largest absolute Gasteiger partial charge is 0.437 e. The van der Waals surface area contributed by atoms with Gasteiger partial charge in [0, 0.05) is 29.6 Å². The standard InChI is InChI=1S/C17H10F3N3O2/c18-13-7-10(8-14(19)16(13)20)17(24)22-11-3-1-4-12(9-11)25-15-5-2-6-21-23-15/h1-9H,(H,22,24). The van der Waals surface area contributed by atoms with E-state index in [1.807, 2.05) is 0 Å². The minimum Gasteiger partial charge on any atom is -0.437 e. The maximum atomic E-state index is 13.2. The molecular weight excluding hydrogens is 335 g/mol. The second kappa shape index (κ2) is 7.00. The number of hydrogen-bond acceptors (Lipinski definition) is 4. The molecule has 0 saturated heterocycles. The van der Waals surface area contributed by atoms with Gasteiger partial charge in [0.2, 0.25) is 5.88 Å². The summed E-state index contributed by atoms with van der Waals surface area (Å²) in [4.78, 5) is 12.1. The van der Waals surface area contributed by atoms with Crippen molar-refractivity contribution < 1.29 is 22.7 Å². The molecule has 0 radical (unpaired) electrons. The summed E-state index contributed by atoms with van der Waals surface area (Å²) in [5.74, 6) is -4.68. The molecule has 0 fully saturated rings. The molecule has 1 N–H and O–H groups in total. The number of halogens is 3. The van der Waals surface area contributed by atoms with E-state index in [0.717, 1.165) is 0 Å². The summed E-state index contributed by atoms with van der Waals surface area (Å²) in [6, 6.07) is 10.8. The van der Waals surface area contributed by atoms with E-state index in [9.17, 15) is 18.0 Å². The summed E-state index contributed by atoms with van der Waals surface area (Å²) in [5, 5.41) is 9.88. The smallest absolute Gasteiger partial charge is 0.255 e. The minimum absolute atomic E-state index is 0.258. The number of nitrogens with zero attached hydrogens (tertiary/aromatic N) is 2. The summed E-state index contributed by atoms with van der Waals surface area (Å²) in [6.45, 7) is 0. The van der Waals surface area contributed by atoms with E-state index < -0.39 is 23.4 Å². The van der Waals surface area contributed by atoms with Gasteiger partial charge in [-0.05, 0) is 30.3 Å². The average Bonchev–Trinajstić information content (AvgIpc) is 2.60. The van der Waals surface area contributed by atoms with E-state index in [0.29, 0.717) is 23.6 Å². The molecule has 1 heterocycles. The average molecular weight is 345 g/mol. The Bertz CT molecular complexity index is 897. The third-order valence-corrected chi connectivity index (χ3v) is 3.11. The fourth-order valence-electron chi connectivity index (χ4n) is 1.99. The Labute approximate surface area is 140 Å². The van der Waals surface area contributed by atoms with Crippen molar-refractivity contribution in [3.8, 4) is 11.6 Å². The predicted molar refractivity (Wildman–Crippen MR) is 82.8 cm³/mol. The third-order valence-electron chi connectivity index (χ3n) is 3.11. The zero-order chi connectivity index (χ0) is 17.8. The van der Waals surface area contributed by atoms with E-state index in [1.54, 1.807) is 30.3 Å². The predicted octanol–water partition coefficient (Wildman–Crippen LogP) is 3.94. The van der Waals surface area contributed by atoms with Crippen LogP contribution in [0.2, 0.25) is 0 Å². The van der Waals surface area contributed by atoms with E-state index >= 15 is 0 Å². The molecule has 0 unspecified atom stereocenters. The van der Waals surface area contributed by atoms with Crippen molar-refractivity contribution in [2.75, 3.05) is 5.32 Å². The monoisotopic (exact) mass is 345 g/mol. The summed E-state index contributed by atoms with van der Waals surface area (Å²) in [6.07, 6.45) is 1.49. The topological polar surface area (TPSA) is 64.1 Å². The fraction of sp³-hybridized carbons (Fsp3) is 0. The quantitative estimate of drug-likeness (QED) is 0.728. The number of ether oxygens (including phenoxy) is 1. The highest BCUT2D eigenvalue weighted by Crippen LogP contribution is 2.23. The van der Waals surface area contributed by atoms with Gasteiger partial charge in [0.25, 0.3) is 5.91 Å². The van der Waals surface area contributed by atoms with Gasteiger partial charge in [0.05, 0.1) is 0 Å². The SMILES string of the molecule is O=C(Nc1cccc(Oc2cccnn2)c1)c1cc(F)c(F)c(F)c1. The molecule has 126 valence electrons. The van der Waals surface area contributed by atoms with Crippen molar-refractivity contribution in [3.63, 3.8) is 0 Å². The van der Waals surface area contributed by atoms with Gasteiger partial charge in [-0.15, -0.1) is 5.10 Å². The number of carbonyl (C=O) groups is 1. The lowest BCUT2D eigenvalue weighted by Gasteiger charge is -2.08. The molecule has 3 aromatic rings. The Morgan fingerprint density at radius 1 is 1.00 bits per heavy atom. The second-order valence-corrected chi connectivity index (χ2v) is 4.90. The van der Waals surface area contributed by atoms with Gasteiger partial charge in [0.1, 0.15) is 5.75 Å². The third kappa shape index (κ3) is 3.92. The van der Waals surface area contributed by atoms with Crippen LogP contribution < -0.4 is 10.1 Å². The number of nitrogens with one attached hydrogen (secondary N) is 1. The Morgan fingerprint density at radius 2 is 1.76 bits per heavy atom. The Morgan fingerprint density at radius 3 is 2.44 bits per heavy atom. The first-order valence-corrected chi connectivity index (χ1v) is 7.04. The van der Waals surface area contributed by atoms with Gasteiger partial charge in [-0.2, -0.15) is 5.10 Å². The van der Waals surface area contributed by atoms with Crippen LogP contribution in [0.3, 0.4) is 0 Å². The number of carbonyl (C=O) groups excluding carboxylic acids is 1. The number of aromatic nitrogens is 2. The van der Waals surface area contributed by atoms with Crippen molar-refractivity contribution in [1.82, 2.24) is 10.2 Å². The molecule has 0 aliphatic heterocycles. The molecular formula is C17H10F3N3O2. The zero-order valence-electron chi connectivity index (χ0n) is 12.5. The molecule has 2 aromatic carbocycles. The first-order chi connectivity index (χ1) is 12.0. The lowest BCUT2D eigenvalue weighted by atomic mass is 10.2. The number of amides is 1. The van der Waals surface area contributed by atoms with E-state index in [4.69, 9.17) is 4.74 Å². The van der Waals surface area contributed by atoms with E-state index in [2.05, 4.69) is 15.5 Å². The molecule has 0 bridgehead atoms. The van der Waals surface area contributed by atoms with Crippen LogP contribution in [0.4, 0.5) is 18.9 Å². The normalized spacial score (nSPS) is 10.4. The lowest BCUT2D eigenvalue weighted by Crippen LogP contribution is -2.13. The van der Waals surface area contributed by atoms with Crippen LogP contribution >= 0.6 is 0 Å².